The van der Waals surface area contributed by atoms with Gasteiger partial charge in [-0.3, -0.25) is 0 Å². The van der Waals surface area contributed by atoms with Crippen molar-refractivity contribution in [2.45, 2.75) is 9.92 Å². The van der Waals surface area contributed by atoms with Crippen molar-refractivity contribution >= 4 is 27.3 Å². The second-order valence-electron chi connectivity index (χ2n) is 5.26. The number of hydrogen-bond acceptors (Lipinski definition) is 5. The Bertz CT molecular complexity index is 1050. The van der Waals surface area contributed by atoms with Gasteiger partial charge >= 0.3 is 0 Å². The third kappa shape index (κ3) is 3.49. The van der Waals surface area contributed by atoms with Crippen LogP contribution in [0.1, 0.15) is 0 Å². The van der Waals surface area contributed by atoms with Gasteiger partial charge in [0.2, 0.25) is 26.6 Å². The van der Waals surface area contributed by atoms with Gasteiger partial charge < -0.3 is 9.73 Å². The normalized spacial score (nSPS) is 11.3. The van der Waals surface area contributed by atoms with E-state index in [1.165, 1.54) is 48.5 Å². The highest BCUT2D eigenvalue weighted by Crippen LogP contribution is 2.33. The molecule has 0 aliphatic carbocycles. The molecular weight excluding hydrogens is 379 g/mol. The summed E-state index contributed by atoms with van der Waals surface area (Å²) in [7, 11) is -4.00. The molecule has 0 saturated heterocycles. The van der Waals surface area contributed by atoms with Gasteiger partial charge in [-0.1, -0.05) is 29.8 Å². The molecule has 0 atom stereocenters. The fourth-order valence-corrected chi connectivity index (χ4v) is 3.64. The zero-order valence-corrected chi connectivity index (χ0v) is 15.0. The first kappa shape index (κ1) is 18.2. The number of halogens is 2. The third-order valence-electron chi connectivity index (χ3n) is 3.49. The summed E-state index contributed by atoms with van der Waals surface area (Å²) in [5.74, 6) is -0.792. The number of rotatable bonds is 6. The molecule has 3 aromatic rings. The quantitative estimate of drug-likeness (QED) is 0.622. The third-order valence-corrected chi connectivity index (χ3v) is 5.42. The molecule has 134 valence electrons. The Labute approximate surface area is 155 Å². The fraction of sp³-hybridized carbons (Fsp3) is 0.0556. The number of sulfone groups is 1. The van der Waals surface area contributed by atoms with Gasteiger partial charge in [-0.15, -0.1) is 6.58 Å². The summed E-state index contributed by atoms with van der Waals surface area (Å²) in [5, 5.41) is 2.86. The molecule has 1 heterocycles. The average molecular weight is 393 g/mol. The first-order valence-corrected chi connectivity index (χ1v) is 9.40. The molecule has 0 radical (unpaired) electrons. The number of anilines is 1. The number of nitrogens with zero attached hydrogens (tertiary/aromatic N) is 1. The highest BCUT2D eigenvalue weighted by atomic mass is 35.5. The summed E-state index contributed by atoms with van der Waals surface area (Å²) in [4.78, 5) is 4.04. The van der Waals surface area contributed by atoms with Crippen molar-refractivity contribution in [1.29, 1.82) is 0 Å². The van der Waals surface area contributed by atoms with E-state index in [2.05, 4.69) is 16.9 Å². The molecule has 26 heavy (non-hydrogen) atoms. The molecule has 8 heteroatoms. The van der Waals surface area contributed by atoms with Crippen LogP contribution in [0.15, 0.2) is 75.5 Å². The summed E-state index contributed by atoms with van der Waals surface area (Å²) in [6.07, 6.45) is 1.53. The van der Waals surface area contributed by atoms with Gasteiger partial charge in [-0.2, -0.15) is 4.98 Å². The van der Waals surface area contributed by atoms with Crippen molar-refractivity contribution in [1.82, 2.24) is 4.98 Å². The Balaban J connectivity index is 2.14. The minimum absolute atomic E-state index is 0.00284. The standard InChI is InChI=1S/C18H14ClFN2O3S/c1-2-11-21-17-18(26(23,24)13-9-7-12(19)8-10-13)22-16(25-17)14-5-3-4-6-15(14)20/h2-10,21H,1,11H2. The molecule has 0 saturated carbocycles. The maximum Gasteiger partial charge on any atom is 0.234 e. The minimum atomic E-state index is -4.00. The largest absolute Gasteiger partial charge is 0.419 e. The van der Waals surface area contributed by atoms with Gasteiger partial charge in [0.15, 0.2) is 0 Å². The summed E-state index contributed by atoms with van der Waals surface area (Å²) in [6.45, 7) is 3.81. The molecule has 5 nitrogen and oxygen atoms in total. The lowest BCUT2D eigenvalue weighted by Crippen LogP contribution is -2.07. The number of oxazole rings is 1. The first-order valence-electron chi connectivity index (χ1n) is 7.54. The van der Waals surface area contributed by atoms with Crippen molar-refractivity contribution in [3.05, 3.63) is 72.0 Å². The molecule has 0 unspecified atom stereocenters. The van der Waals surface area contributed by atoms with E-state index >= 15 is 0 Å². The Morgan fingerprint density at radius 3 is 2.54 bits per heavy atom. The molecule has 1 aromatic heterocycles. The van der Waals surface area contributed by atoms with Crippen LogP contribution in [-0.2, 0) is 9.84 Å². The lowest BCUT2D eigenvalue weighted by molar-refractivity contribution is 0.569. The zero-order valence-electron chi connectivity index (χ0n) is 13.4. The minimum Gasteiger partial charge on any atom is -0.419 e. The van der Waals surface area contributed by atoms with E-state index in [0.717, 1.165) is 0 Å². The van der Waals surface area contributed by atoms with Crippen LogP contribution in [-0.4, -0.2) is 19.9 Å². The lowest BCUT2D eigenvalue weighted by Gasteiger charge is -2.04. The number of hydrogen-bond donors (Lipinski definition) is 1. The average Bonchev–Trinajstić information content (AvgIpc) is 3.05. The Morgan fingerprint density at radius 1 is 1.19 bits per heavy atom. The number of nitrogens with one attached hydrogen (secondary N) is 1. The SMILES string of the molecule is C=CCNc1oc(-c2ccccc2F)nc1S(=O)(=O)c1ccc(Cl)cc1. The Morgan fingerprint density at radius 2 is 1.88 bits per heavy atom. The first-order chi connectivity index (χ1) is 12.4. The van der Waals surface area contributed by atoms with Gasteiger partial charge in [0.05, 0.1) is 10.5 Å². The summed E-state index contributed by atoms with van der Waals surface area (Å²) in [5.41, 5.74) is 0.0618. The molecular formula is C18H14ClFN2O3S. The zero-order chi connectivity index (χ0) is 18.7. The van der Waals surface area contributed by atoms with Crippen LogP contribution in [0.4, 0.5) is 10.3 Å². The van der Waals surface area contributed by atoms with E-state index in [1.807, 2.05) is 0 Å². The van der Waals surface area contributed by atoms with Crippen LogP contribution in [0.5, 0.6) is 0 Å². The van der Waals surface area contributed by atoms with Crippen molar-refractivity contribution in [3.8, 4) is 11.5 Å². The topological polar surface area (TPSA) is 72.2 Å². The summed E-state index contributed by atoms with van der Waals surface area (Å²) < 4.78 is 45.4. The van der Waals surface area contributed by atoms with Gasteiger partial charge in [0, 0.05) is 11.6 Å². The van der Waals surface area contributed by atoms with Gasteiger partial charge in [-0.05, 0) is 36.4 Å². The Hall–Kier alpha value is -2.64. The molecule has 0 spiro atoms. The monoisotopic (exact) mass is 392 g/mol. The van der Waals surface area contributed by atoms with Crippen molar-refractivity contribution in [2.75, 3.05) is 11.9 Å². The van der Waals surface area contributed by atoms with E-state index in [4.69, 9.17) is 16.0 Å². The van der Waals surface area contributed by atoms with Crippen molar-refractivity contribution in [3.63, 3.8) is 0 Å². The van der Waals surface area contributed by atoms with Crippen LogP contribution in [0.3, 0.4) is 0 Å². The van der Waals surface area contributed by atoms with Crippen LogP contribution in [0.2, 0.25) is 5.02 Å². The van der Waals surface area contributed by atoms with E-state index in [9.17, 15) is 12.8 Å². The van der Waals surface area contributed by atoms with E-state index < -0.39 is 15.7 Å². The highest BCUT2D eigenvalue weighted by Gasteiger charge is 2.29. The molecule has 0 amide bonds. The maximum absolute atomic E-state index is 14.0. The molecule has 0 aliphatic heterocycles. The fourth-order valence-electron chi connectivity index (χ4n) is 2.24. The predicted molar refractivity (Wildman–Crippen MR) is 97.5 cm³/mol. The van der Waals surface area contributed by atoms with E-state index in [1.54, 1.807) is 6.07 Å². The number of benzene rings is 2. The summed E-state index contributed by atoms with van der Waals surface area (Å²) >= 11 is 5.82. The summed E-state index contributed by atoms with van der Waals surface area (Å²) in [6, 6.07) is 11.5. The van der Waals surface area contributed by atoms with Crippen molar-refractivity contribution < 1.29 is 17.2 Å². The second-order valence-corrected chi connectivity index (χ2v) is 7.56. The van der Waals surface area contributed by atoms with Crippen LogP contribution in [0, 0.1) is 5.82 Å². The van der Waals surface area contributed by atoms with Gasteiger partial charge in [0.25, 0.3) is 0 Å². The maximum atomic E-state index is 14.0. The van der Waals surface area contributed by atoms with Gasteiger partial charge in [-0.25, -0.2) is 12.8 Å². The van der Waals surface area contributed by atoms with E-state index in [-0.39, 0.29) is 33.8 Å². The van der Waals surface area contributed by atoms with Crippen molar-refractivity contribution in [2.24, 2.45) is 0 Å². The molecule has 3 rings (SSSR count). The smallest absolute Gasteiger partial charge is 0.234 e. The Kier molecular flexibility index (Phi) is 5.11. The molecule has 1 N–H and O–H groups in total. The predicted octanol–water partition coefficient (Wildman–Crippen LogP) is 4.56. The molecule has 0 bridgehead atoms. The molecule has 2 aromatic carbocycles. The lowest BCUT2D eigenvalue weighted by atomic mass is 10.2. The molecule has 0 fully saturated rings. The molecule has 0 aliphatic rings. The van der Waals surface area contributed by atoms with Crippen LogP contribution in [0.25, 0.3) is 11.5 Å². The van der Waals surface area contributed by atoms with Gasteiger partial charge in [0.1, 0.15) is 5.82 Å². The second kappa shape index (κ2) is 7.31. The van der Waals surface area contributed by atoms with E-state index in [0.29, 0.717) is 5.02 Å². The van der Waals surface area contributed by atoms with Crippen LogP contribution < -0.4 is 5.32 Å². The van der Waals surface area contributed by atoms with Crippen LogP contribution >= 0.6 is 11.6 Å². The highest BCUT2D eigenvalue weighted by molar-refractivity contribution is 7.91. The number of aromatic nitrogens is 1.